The molecule has 21 heavy (non-hydrogen) atoms. The highest BCUT2D eigenvalue weighted by Crippen LogP contribution is 2.22. The Morgan fingerprint density at radius 1 is 1.52 bits per heavy atom. The molecule has 1 amide bonds. The number of hydrogen-bond donors (Lipinski definition) is 2. The Labute approximate surface area is 120 Å². The van der Waals surface area contributed by atoms with Gasteiger partial charge < -0.3 is 4.74 Å². The van der Waals surface area contributed by atoms with Crippen LogP contribution in [-0.4, -0.2) is 37.6 Å². The number of H-pyrrole nitrogens is 1. The van der Waals surface area contributed by atoms with Crippen LogP contribution in [0.1, 0.15) is 23.1 Å². The van der Waals surface area contributed by atoms with Crippen LogP contribution in [-0.2, 0) is 6.42 Å². The van der Waals surface area contributed by atoms with Gasteiger partial charge >= 0.3 is 0 Å². The molecule has 0 aromatic carbocycles. The third-order valence-electron chi connectivity index (χ3n) is 3.10. The third-order valence-corrected chi connectivity index (χ3v) is 3.10. The second-order valence-electron chi connectivity index (χ2n) is 4.32. The number of carbonyl (C=O) groups excluding carboxylic acids is 1. The number of aromatic nitrogens is 5. The van der Waals surface area contributed by atoms with Crippen LogP contribution in [0.3, 0.4) is 0 Å². The molecule has 0 fully saturated rings. The highest BCUT2D eigenvalue weighted by molar-refractivity contribution is 6.03. The first-order valence-corrected chi connectivity index (χ1v) is 6.45. The van der Waals surface area contributed by atoms with Gasteiger partial charge in [0, 0.05) is 6.20 Å². The van der Waals surface area contributed by atoms with Crippen molar-refractivity contribution < 1.29 is 9.53 Å². The largest absolute Gasteiger partial charge is 0.493 e. The molecule has 0 saturated carbocycles. The number of pyridine rings is 1. The summed E-state index contributed by atoms with van der Waals surface area (Å²) in [6.07, 6.45) is 3.73. The molecule has 0 aliphatic heterocycles. The van der Waals surface area contributed by atoms with E-state index in [1.807, 2.05) is 6.92 Å². The number of methoxy groups -OCH3 is 1. The summed E-state index contributed by atoms with van der Waals surface area (Å²) in [6.45, 7) is 1.94. The van der Waals surface area contributed by atoms with Gasteiger partial charge in [-0.15, -0.1) is 0 Å². The SMILES string of the molecule is CCc1nc2c(OC)cccn2c1C(=O)Nc1ncn[nH]1. The Morgan fingerprint density at radius 2 is 2.38 bits per heavy atom. The van der Waals surface area contributed by atoms with E-state index in [1.54, 1.807) is 29.8 Å². The summed E-state index contributed by atoms with van der Waals surface area (Å²) in [4.78, 5) is 20.8. The molecule has 3 heterocycles. The van der Waals surface area contributed by atoms with Crippen molar-refractivity contribution in [3.63, 3.8) is 0 Å². The smallest absolute Gasteiger partial charge is 0.276 e. The molecular weight excluding hydrogens is 272 g/mol. The number of rotatable bonds is 4. The Morgan fingerprint density at radius 3 is 3.05 bits per heavy atom. The first-order chi connectivity index (χ1) is 10.2. The Bertz CT molecular complexity index is 777. The van der Waals surface area contributed by atoms with Crippen LogP contribution < -0.4 is 10.1 Å². The topological polar surface area (TPSA) is 97.2 Å². The van der Waals surface area contributed by atoms with Gasteiger partial charge in [0.25, 0.3) is 5.91 Å². The molecule has 8 heteroatoms. The van der Waals surface area contributed by atoms with Crippen LogP contribution in [0.5, 0.6) is 5.75 Å². The lowest BCUT2D eigenvalue weighted by atomic mass is 10.2. The number of nitrogens with zero attached hydrogens (tertiary/aromatic N) is 4. The van der Waals surface area contributed by atoms with E-state index in [-0.39, 0.29) is 5.91 Å². The highest BCUT2D eigenvalue weighted by Gasteiger charge is 2.20. The van der Waals surface area contributed by atoms with Gasteiger partial charge in [-0.25, -0.2) is 10.1 Å². The summed E-state index contributed by atoms with van der Waals surface area (Å²) < 4.78 is 6.99. The number of imidazole rings is 1. The van der Waals surface area contributed by atoms with Crippen LogP contribution >= 0.6 is 0 Å². The number of aromatic amines is 1. The lowest BCUT2D eigenvalue weighted by molar-refractivity contribution is 0.101. The minimum absolute atomic E-state index is 0.292. The molecule has 0 unspecified atom stereocenters. The molecule has 8 nitrogen and oxygen atoms in total. The number of anilines is 1. The minimum atomic E-state index is -0.302. The van der Waals surface area contributed by atoms with Gasteiger partial charge in [0.2, 0.25) is 5.95 Å². The minimum Gasteiger partial charge on any atom is -0.493 e. The zero-order valence-electron chi connectivity index (χ0n) is 11.6. The average molecular weight is 286 g/mol. The second-order valence-corrected chi connectivity index (χ2v) is 4.32. The summed E-state index contributed by atoms with van der Waals surface area (Å²) in [6, 6.07) is 3.61. The first-order valence-electron chi connectivity index (χ1n) is 6.45. The predicted molar refractivity (Wildman–Crippen MR) is 75.5 cm³/mol. The van der Waals surface area contributed by atoms with Gasteiger partial charge in [0.15, 0.2) is 11.4 Å². The normalized spacial score (nSPS) is 10.8. The number of hydrogen-bond acceptors (Lipinski definition) is 5. The van der Waals surface area contributed by atoms with Crippen LogP contribution in [0.15, 0.2) is 24.7 Å². The maximum atomic E-state index is 12.5. The molecular formula is C13H14N6O2. The number of ether oxygens (including phenoxy) is 1. The van der Waals surface area contributed by atoms with E-state index in [0.717, 1.165) is 0 Å². The fraction of sp³-hybridized carbons (Fsp3) is 0.231. The fourth-order valence-corrected chi connectivity index (χ4v) is 2.17. The second kappa shape index (κ2) is 5.23. The molecule has 0 radical (unpaired) electrons. The number of carbonyl (C=O) groups is 1. The van der Waals surface area contributed by atoms with Crippen molar-refractivity contribution in [2.45, 2.75) is 13.3 Å². The van der Waals surface area contributed by atoms with E-state index in [1.165, 1.54) is 6.33 Å². The lowest BCUT2D eigenvalue weighted by Crippen LogP contribution is -2.17. The van der Waals surface area contributed by atoms with E-state index < -0.39 is 0 Å². The van der Waals surface area contributed by atoms with Crippen LogP contribution in [0, 0.1) is 0 Å². The molecule has 0 spiro atoms. The van der Waals surface area contributed by atoms with Crippen molar-refractivity contribution in [2.24, 2.45) is 0 Å². The standard InChI is InChI=1S/C13H14N6O2/c1-3-8-10(12(20)17-13-14-7-15-18-13)19-6-4-5-9(21-2)11(19)16-8/h4-7H,3H2,1-2H3,(H2,14,15,17,18,20). The van der Waals surface area contributed by atoms with Gasteiger partial charge in [0.05, 0.1) is 12.8 Å². The molecule has 0 bridgehead atoms. The summed E-state index contributed by atoms with van der Waals surface area (Å²) in [5, 5.41) is 8.95. The van der Waals surface area contributed by atoms with Crippen molar-refractivity contribution in [3.05, 3.63) is 36.0 Å². The lowest BCUT2D eigenvalue weighted by Gasteiger charge is -2.05. The van der Waals surface area contributed by atoms with Gasteiger partial charge in [-0.2, -0.15) is 10.1 Å². The summed E-state index contributed by atoms with van der Waals surface area (Å²) in [7, 11) is 1.57. The number of nitrogens with one attached hydrogen (secondary N) is 2. The van der Waals surface area contributed by atoms with E-state index in [9.17, 15) is 4.79 Å². The van der Waals surface area contributed by atoms with E-state index in [0.29, 0.717) is 35.2 Å². The Balaban J connectivity index is 2.10. The van der Waals surface area contributed by atoms with Gasteiger partial charge in [-0.05, 0) is 18.6 Å². The number of fused-ring (bicyclic) bond motifs is 1. The van der Waals surface area contributed by atoms with E-state index in [2.05, 4.69) is 25.5 Å². The highest BCUT2D eigenvalue weighted by atomic mass is 16.5. The van der Waals surface area contributed by atoms with Crippen molar-refractivity contribution in [1.82, 2.24) is 24.6 Å². The molecule has 3 aromatic rings. The van der Waals surface area contributed by atoms with Crippen molar-refractivity contribution in [1.29, 1.82) is 0 Å². The summed E-state index contributed by atoms with van der Waals surface area (Å²) >= 11 is 0. The zero-order chi connectivity index (χ0) is 14.8. The third kappa shape index (κ3) is 2.20. The monoisotopic (exact) mass is 286 g/mol. The van der Waals surface area contributed by atoms with Crippen LogP contribution in [0.4, 0.5) is 5.95 Å². The molecule has 108 valence electrons. The summed E-state index contributed by atoms with van der Waals surface area (Å²) in [5.41, 5.74) is 1.76. The van der Waals surface area contributed by atoms with Gasteiger partial charge in [-0.1, -0.05) is 6.92 Å². The zero-order valence-corrected chi connectivity index (χ0v) is 11.6. The quantitative estimate of drug-likeness (QED) is 0.753. The molecule has 0 aliphatic rings. The van der Waals surface area contributed by atoms with Crippen molar-refractivity contribution in [3.8, 4) is 5.75 Å². The van der Waals surface area contributed by atoms with Crippen LogP contribution in [0.25, 0.3) is 5.65 Å². The molecule has 2 N–H and O–H groups in total. The molecule has 0 atom stereocenters. The molecule has 0 saturated heterocycles. The summed E-state index contributed by atoms with van der Waals surface area (Å²) in [5.74, 6) is 0.607. The van der Waals surface area contributed by atoms with Crippen LogP contribution in [0.2, 0.25) is 0 Å². The average Bonchev–Trinajstić information content (AvgIpc) is 3.12. The van der Waals surface area contributed by atoms with Gasteiger partial charge in [0.1, 0.15) is 12.0 Å². The van der Waals surface area contributed by atoms with Gasteiger partial charge in [-0.3, -0.25) is 14.5 Å². The first kappa shape index (κ1) is 13.1. The molecule has 3 rings (SSSR count). The van der Waals surface area contributed by atoms with E-state index in [4.69, 9.17) is 4.74 Å². The molecule has 0 aliphatic carbocycles. The molecule has 3 aromatic heterocycles. The maximum absolute atomic E-state index is 12.5. The number of aryl methyl sites for hydroxylation is 1. The van der Waals surface area contributed by atoms with Crippen molar-refractivity contribution in [2.75, 3.05) is 12.4 Å². The van der Waals surface area contributed by atoms with E-state index >= 15 is 0 Å². The predicted octanol–water partition coefficient (Wildman–Crippen LogP) is 1.28. The Kier molecular flexibility index (Phi) is 3.27. The van der Waals surface area contributed by atoms with Crippen molar-refractivity contribution >= 4 is 17.5 Å². The maximum Gasteiger partial charge on any atom is 0.276 e. The fourth-order valence-electron chi connectivity index (χ4n) is 2.17. The number of amides is 1. The Hall–Kier alpha value is -2.90.